The minimum atomic E-state index is 0. The van der Waals surface area contributed by atoms with E-state index < -0.39 is 0 Å². The first-order valence-electron chi connectivity index (χ1n) is 7.62. The van der Waals surface area contributed by atoms with Crippen LogP contribution < -0.4 is 10.6 Å². The molecule has 0 aliphatic carbocycles. The van der Waals surface area contributed by atoms with Crippen LogP contribution in [0.1, 0.15) is 23.4 Å². The Morgan fingerprint density at radius 1 is 1.17 bits per heavy atom. The van der Waals surface area contributed by atoms with Gasteiger partial charge >= 0.3 is 0 Å². The third kappa shape index (κ3) is 9.11. The van der Waals surface area contributed by atoms with Crippen molar-refractivity contribution in [3.63, 3.8) is 0 Å². The summed E-state index contributed by atoms with van der Waals surface area (Å²) in [6.07, 6.45) is 1.79. The average molecular weight is 440 g/mol. The quantitative estimate of drug-likeness (QED) is 0.249. The molecule has 134 valence electrons. The van der Waals surface area contributed by atoms with Crippen molar-refractivity contribution in [1.29, 1.82) is 0 Å². The number of aryl methyl sites for hydroxylation is 2. The zero-order valence-electron chi connectivity index (χ0n) is 14.5. The second-order valence-electron chi connectivity index (χ2n) is 4.94. The lowest BCUT2D eigenvalue weighted by atomic mass is 10.1. The molecule has 0 aliphatic rings. The summed E-state index contributed by atoms with van der Waals surface area (Å²) in [5, 5.41) is 10.5. The van der Waals surface area contributed by atoms with Gasteiger partial charge in [0.05, 0.1) is 18.9 Å². The monoisotopic (exact) mass is 440 g/mol. The standard InChI is InChI=1S/C15H28N4O3.HI/c1-12-14(13(2)22-19-12)6-8-18-15(16-3)17-7-5-9-21-11-10-20-4;/h5-11H2,1-4H3,(H2,16,17,18);1H. The van der Waals surface area contributed by atoms with E-state index in [4.69, 9.17) is 14.0 Å². The van der Waals surface area contributed by atoms with Gasteiger partial charge in [-0.05, 0) is 26.7 Å². The van der Waals surface area contributed by atoms with Crippen LogP contribution in [0.5, 0.6) is 0 Å². The van der Waals surface area contributed by atoms with Crippen molar-refractivity contribution in [2.24, 2.45) is 4.99 Å². The molecule has 0 saturated carbocycles. The highest BCUT2D eigenvalue weighted by molar-refractivity contribution is 14.0. The number of aromatic nitrogens is 1. The maximum absolute atomic E-state index is 5.40. The number of halogens is 1. The second kappa shape index (κ2) is 13.6. The Hall–Kier alpha value is -0.870. The van der Waals surface area contributed by atoms with Crippen molar-refractivity contribution in [1.82, 2.24) is 15.8 Å². The molecule has 0 unspecified atom stereocenters. The molecule has 1 heterocycles. The third-order valence-electron chi connectivity index (χ3n) is 3.26. The number of rotatable bonds is 10. The molecule has 8 heteroatoms. The molecule has 0 atom stereocenters. The highest BCUT2D eigenvalue weighted by atomic mass is 127. The van der Waals surface area contributed by atoms with Gasteiger partial charge in [0.1, 0.15) is 5.76 Å². The fraction of sp³-hybridized carbons (Fsp3) is 0.733. The van der Waals surface area contributed by atoms with E-state index in [1.807, 2.05) is 13.8 Å². The third-order valence-corrected chi connectivity index (χ3v) is 3.26. The highest BCUT2D eigenvalue weighted by Gasteiger charge is 2.08. The first-order valence-corrected chi connectivity index (χ1v) is 7.62. The molecule has 0 saturated heterocycles. The molecule has 0 bridgehead atoms. The Morgan fingerprint density at radius 3 is 2.52 bits per heavy atom. The summed E-state index contributed by atoms with van der Waals surface area (Å²) in [7, 11) is 3.43. The summed E-state index contributed by atoms with van der Waals surface area (Å²) < 4.78 is 15.5. The summed E-state index contributed by atoms with van der Waals surface area (Å²) in [5.41, 5.74) is 2.12. The molecule has 1 aromatic rings. The average Bonchev–Trinajstić information content (AvgIpc) is 2.84. The first kappa shape index (κ1) is 22.1. The largest absolute Gasteiger partial charge is 0.382 e. The van der Waals surface area contributed by atoms with Crippen molar-refractivity contribution in [3.8, 4) is 0 Å². The van der Waals surface area contributed by atoms with Crippen molar-refractivity contribution < 1.29 is 14.0 Å². The summed E-state index contributed by atoms with van der Waals surface area (Å²) in [5.74, 6) is 1.68. The lowest BCUT2D eigenvalue weighted by Gasteiger charge is -2.11. The van der Waals surface area contributed by atoms with Gasteiger partial charge in [-0.25, -0.2) is 0 Å². The fourth-order valence-electron chi connectivity index (χ4n) is 2.01. The van der Waals surface area contributed by atoms with Crippen molar-refractivity contribution >= 4 is 29.9 Å². The van der Waals surface area contributed by atoms with Crippen LogP contribution in [0.15, 0.2) is 9.52 Å². The van der Waals surface area contributed by atoms with Gasteiger partial charge in [-0.1, -0.05) is 5.16 Å². The Labute approximate surface area is 155 Å². The van der Waals surface area contributed by atoms with Gasteiger partial charge in [-0.3, -0.25) is 4.99 Å². The smallest absolute Gasteiger partial charge is 0.190 e. The van der Waals surface area contributed by atoms with Crippen LogP contribution in [0.4, 0.5) is 0 Å². The molecule has 0 aromatic carbocycles. The van der Waals surface area contributed by atoms with Crippen LogP contribution in [0.3, 0.4) is 0 Å². The van der Waals surface area contributed by atoms with Gasteiger partial charge in [0.2, 0.25) is 0 Å². The van der Waals surface area contributed by atoms with E-state index in [1.165, 1.54) is 0 Å². The predicted octanol–water partition coefficient (Wildman–Crippen LogP) is 1.67. The lowest BCUT2D eigenvalue weighted by molar-refractivity contribution is 0.0698. The minimum Gasteiger partial charge on any atom is -0.382 e. The number of hydrogen-bond acceptors (Lipinski definition) is 5. The molecule has 0 aliphatic heterocycles. The first-order chi connectivity index (χ1) is 10.7. The molecule has 7 nitrogen and oxygen atoms in total. The van der Waals surface area contributed by atoms with E-state index in [0.717, 1.165) is 48.9 Å². The molecule has 2 N–H and O–H groups in total. The maximum atomic E-state index is 5.40. The molecule has 1 aromatic heterocycles. The van der Waals surface area contributed by atoms with E-state index in [2.05, 4.69) is 20.8 Å². The number of ether oxygens (including phenoxy) is 2. The highest BCUT2D eigenvalue weighted by Crippen LogP contribution is 2.11. The Kier molecular flexibility index (Phi) is 13.0. The Morgan fingerprint density at radius 2 is 1.91 bits per heavy atom. The number of nitrogens with zero attached hydrogens (tertiary/aromatic N) is 2. The van der Waals surface area contributed by atoms with Crippen molar-refractivity contribution in [3.05, 3.63) is 17.0 Å². The van der Waals surface area contributed by atoms with Gasteiger partial charge in [-0.2, -0.15) is 0 Å². The zero-order chi connectivity index (χ0) is 16.2. The number of guanidine groups is 1. The Balaban J connectivity index is 0.00000484. The topological polar surface area (TPSA) is 80.9 Å². The molecule has 1 rings (SSSR count). The molecular formula is C15H29IN4O3. The van der Waals surface area contributed by atoms with E-state index in [9.17, 15) is 0 Å². The van der Waals surface area contributed by atoms with Crippen LogP contribution in [-0.4, -0.2) is 58.2 Å². The second-order valence-corrected chi connectivity index (χ2v) is 4.94. The lowest BCUT2D eigenvalue weighted by Crippen LogP contribution is -2.39. The van der Waals surface area contributed by atoms with Gasteiger partial charge in [0.25, 0.3) is 0 Å². The summed E-state index contributed by atoms with van der Waals surface area (Å²) in [4.78, 5) is 4.19. The Bertz CT molecular complexity index is 432. The number of hydrogen-bond donors (Lipinski definition) is 2. The molecule has 0 spiro atoms. The van der Waals surface area contributed by atoms with Crippen molar-refractivity contribution in [2.75, 3.05) is 47.1 Å². The van der Waals surface area contributed by atoms with Gasteiger partial charge in [0.15, 0.2) is 5.96 Å². The van der Waals surface area contributed by atoms with E-state index in [1.54, 1.807) is 14.2 Å². The van der Waals surface area contributed by atoms with Crippen LogP contribution in [-0.2, 0) is 15.9 Å². The van der Waals surface area contributed by atoms with Gasteiger partial charge in [-0.15, -0.1) is 24.0 Å². The molecule has 23 heavy (non-hydrogen) atoms. The van der Waals surface area contributed by atoms with E-state index >= 15 is 0 Å². The fourth-order valence-corrected chi connectivity index (χ4v) is 2.01. The van der Waals surface area contributed by atoms with E-state index in [-0.39, 0.29) is 24.0 Å². The number of aliphatic imine (C=N–C) groups is 1. The summed E-state index contributed by atoms with van der Waals surface area (Å²) >= 11 is 0. The number of methoxy groups -OCH3 is 1. The maximum Gasteiger partial charge on any atom is 0.190 e. The van der Waals surface area contributed by atoms with E-state index in [0.29, 0.717) is 19.8 Å². The number of nitrogens with one attached hydrogen (secondary N) is 2. The molecule has 0 radical (unpaired) electrons. The molecule has 0 fully saturated rings. The van der Waals surface area contributed by atoms with Crippen LogP contribution in [0.2, 0.25) is 0 Å². The van der Waals surface area contributed by atoms with Crippen molar-refractivity contribution in [2.45, 2.75) is 26.7 Å². The summed E-state index contributed by atoms with van der Waals surface area (Å²) in [6, 6.07) is 0. The predicted molar refractivity (Wildman–Crippen MR) is 102 cm³/mol. The SMILES string of the molecule is CN=C(NCCCOCCOC)NCCc1c(C)noc1C.I. The van der Waals surface area contributed by atoms with Gasteiger partial charge in [0, 0.05) is 39.4 Å². The summed E-state index contributed by atoms with van der Waals surface area (Å²) in [6.45, 7) is 7.49. The molecular weight excluding hydrogens is 411 g/mol. The normalized spacial score (nSPS) is 11.2. The minimum absolute atomic E-state index is 0. The zero-order valence-corrected chi connectivity index (χ0v) is 16.8. The molecule has 0 amide bonds. The van der Waals surface area contributed by atoms with Gasteiger partial charge < -0.3 is 24.6 Å². The van der Waals surface area contributed by atoms with Crippen LogP contribution in [0, 0.1) is 13.8 Å². The van der Waals surface area contributed by atoms with Crippen LogP contribution in [0.25, 0.3) is 0 Å². The van der Waals surface area contributed by atoms with Crippen LogP contribution >= 0.6 is 24.0 Å².